The minimum atomic E-state index is -3.14. The summed E-state index contributed by atoms with van der Waals surface area (Å²) in [6, 6.07) is 9.21. The van der Waals surface area contributed by atoms with Crippen LogP contribution in [-0.4, -0.2) is 26.3 Å². The molecule has 1 aliphatic carbocycles. The molecule has 1 fully saturated rings. The Morgan fingerprint density at radius 2 is 1.94 bits per heavy atom. The van der Waals surface area contributed by atoms with Gasteiger partial charge in [0.2, 0.25) is 0 Å². The molecule has 0 amide bonds. The van der Waals surface area contributed by atoms with E-state index in [0.717, 1.165) is 0 Å². The van der Waals surface area contributed by atoms with Gasteiger partial charge in [-0.3, -0.25) is 0 Å². The highest BCUT2D eigenvalue weighted by Crippen LogP contribution is 2.20. The maximum atomic E-state index is 12.0. The van der Waals surface area contributed by atoms with Gasteiger partial charge in [0.25, 0.3) is 0 Å². The first kappa shape index (κ1) is 11.6. The predicted octanol–water partition coefficient (Wildman–Crippen LogP) is 1.60. The molecule has 1 saturated carbocycles. The van der Waals surface area contributed by atoms with Crippen LogP contribution in [-0.2, 0) is 9.84 Å². The summed E-state index contributed by atoms with van der Waals surface area (Å²) >= 11 is 0. The van der Waals surface area contributed by atoms with E-state index in [2.05, 4.69) is 5.32 Å². The molecule has 0 radical (unpaired) electrons. The number of nitrogens with one attached hydrogen (secondary N) is 1. The number of hydrogen-bond donors (Lipinski definition) is 1. The van der Waals surface area contributed by atoms with Crippen molar-refractivity contribution in [3.63, 3.8) is 0 Å². The summed E-state index contributed by atoms with van der Waals surface area (Å²) in [4.78, 5) is 0.416. The third-order valence-corrected chi connectivity index (χ3v) is 4.60. The summed E-state index contributed by atoms with van der Waals surface area (Å²) in [7, 11) is -3.14. The van der Waals surface area contributed by atoms with Crippen molar-refractivity contribution in [1.29, 1.82) is 0 Å². The zero-order valence-electron chi connectivity index (χ0n) is 9.39. The molecule has 0 heterocycles. The van der Waals surface area contributed by atoms with Crippen molar-refractivity contribution >= 4 is 9.84 Å². The first-order chi connectivity index (χ1) is 7.58. The largest absolute Gasteiger partial charge is 0.310 e. The first-order valence-electron chi connectivity index (χ1n) is 5.62. The van der Waals surface area contributed by atoms with Crippen LogP contribution in [0.5, 0.6) is 0 Å². The highest BCUT2D eigenvalue weighted by molar-refractivity contribution is 7.91. The van der Waals surface area contributed by atoms with Gasteiger partial charge >= 0.3 is 0 Å². The van der Waals surface area contributed by atoms with Crippen LogP contribution in [0, 0.1) is 0 Å². The lowest BCUT2D eigenvalue weighted by atomic mass is 10.4. The Kier molecular flexibility index (Phi) is 3.30. The third kappa shape index (κ3) is 3.06. The second-order valence-electron chi connectivity index (χ2n) is 4.44. The summed E-state index contributed by atoms with van der Waals surface area (Å²) in [6.07, 6.45) is 2.35. The first-order valence-corrected chi connectivity index (χ1v) is 7.27. The fourth-order valence-corrected chi connectivity index (χ4v) is 3.27. The molecule has 1 aromatic carbocycles. The number of hydrogen-bond acceptors (Lipinski definition) is 3. The summed E-state index contributed by atoms with van der Waals surface area (Å²) in [6.45, 7) is 1.93. The molecule has 4 heteroatoms. The summed E-state index contributed by atoms with van der Waals surface area (Å²) in [5, 5.41) is 3.30. The van der Waals surface area contributed by atoms with E-state index < -0.39 is 9.84 Å². The van der Waals surface area contributed by atoms with Crippen LogP contribution in [0.15, 0.2) is 35.2 Å². The molecule has 1 aliphatic rings. The molecule has 2 rings (SSSR count). The molecule has 1 unspecified atom stereocenters. The Morgan fingerprint density at radius 3 is 2.50 bits per heavy atom. The molecule has 0 spiro atoms. The monoisotopic (exact) mass is 239 g/mol. The van der Waals surface area contributed by atoms with E-state index in [9.17, 15) is 8.42 Å². The molecular weight excluding hydrogens is 222 g/mol. The number of rotatable bonds is 5. The smallest absolute Gasteiger partial charge is 0.179 e. The Morgan fingerprint density at radius 1 is 1.31 bits per heavy atom. The van der Waals surface area contributed by atoms with E-state index >= 15 is 0 Å². The molecule has 1 N–H and O–H groups in total. The van der Waals surface area contributed by atoms with E-state index in [-0.39, 0.29) is 11.8 Å². The molecule has 16 heavy (non-hydrogen) atoms. The van der Waals surface area contributed by atoms with Crippen LogP contribution < -0.4 is 5.32 Å². The van der Waals surface area contributed by atoms with Crippen LogP contribution in [0.4, 0.5) is 0 Å². The Labute approximate surface area is 96.8 Å². The average Bonchev–Trinajstić information content (AvgIpc) is 3.02. The van der Waals surface area contributed by atoms with Gasteiger partial charge in [-0.25, -0.2) is 8.42 Å². The third-order valence-electron chi connectivity index (χ3n) is 2.67. The minimum Gasteiger partial charge on any atom is -0.310 e. The van der Waals surface area contributed by atoms with Gasteiger partial charge < -0.3 is 5.32 Å². The average molecular weight is 239 g/mol. The lowest BCUT2D eigenvalue weighted by Crippen LogP contribution is -2.34. The highest BCUT2D eigenvalue weighted by Gasteiger charge is 2.25. The maximum absolute atomic E-state index is 12.0. The Balaban J connectivity index is 2.02. The molecule has 0 bridgehead atoms. The second-order valence-corrected chi connectivity index (χ2v) is 6.47. The zero-order valence-corrected chi connectivity index (χ0v) is 10.2. The SMILES string of the molecule is CC(CS(=O)(=O)c1ccccc1)NC1CC1. The standard InChI is InChI=1S/C12H17NO2S/c1-10(13-11-7-8-11)9-16(14,15)12-5-3-2-4-6-12/h2-6,10-11,13H,7-9H2,1H3. The molecule has 3 nitrogen and oxygen atoms in total. The molecule has 1 atom stereocenters. The van der Waals surface area contributed by atoms with Crippen LogP contribution in [0.25, 0.3) is 0 Å². The van der Waals surface area contributed by atoms with E-state index in [1.54, 1.807) is 24.3 Å². The van der Waals surface area contributed by atoms with Gasteiger partial charge in [0, 0.05) is 12.1 Å². The van der Waals surface area contributed by atoms with Gasteiger partial charge in [0.05, 0.1) is 10.6 Å². The van der Waals surface area contributed by atoms with Crippen LogP contribution in [0.1, 0.15) is 19.8 Å². The van der Waals surface area contributed by atoms with Gasteiger partial charge in [-0.15, -0.1) is 0 Å². The fourth-order valence-electron chi connectivity index (χ4n) is 1.75. The van der Waals surface area contributed by atoms with Gasteiger partial charge in [-0.1, -0.05) is 18.2 Å². The van der Waals surface area contributed by atoms with E-state index in [4.69, 9.17) is 0 Å². The van der Waals surface area contributed by atoms with Gasteiger partial charge in [0.1, 0.15) is 0 Å². The zero-order chi connectivity index (χ0) is 11.6. The minimum absolute atomic E-state index is 0.0257. The quantitative estimate of drug-likeness (QED) is 0.849. The summed E-state index contributed by atoms with van der Waals surface area (Å²) in [5.74, 6) is 0.174. The van der Waals surface area contributed by atoms with Crippen molar-refractivity contribution in [3.8, 4) is 0 Å². The van der Waals surface area contributed by atoms with Crippen molar-refractivity contribution in [2.75, 3.05) is 5.75 Å². The Bertz CT molecular complexity index is 437. The van der Waals surface area contributed by atoms with E-state index in [0.29, 0.717) is 10.9 Å². The molecule has 88 valence electrons. The fraction of sp³-hybridized carbons (Fsp3) is 0.500. The van der Waals surface area contributed by atoms with Crippen molar-refractivity contribution in [1.82, 2.24) is 5.32 Å². The maximum Gasteiger partial charge on any atom is 0.179 e. The van der Waals surface area contributed by atoms with Gasteiger partial charge in [-0.05, 0) is 31.9 Å². The molecule has 0 aliphatic heterocycles. The van der Waals surface area contributed by atoms with Crippen LogP contribution >= 0.6 is 0 Å². The van der Waals surface area contributed by atoms with Crippen LogP contribution in [0.2, 0.25) is 0 Å². The lowest BCUT2D eigenvalue weighted by Gasteiger charge is -2.13. The lowest BCUT2D eigenvalue weighted by molar-refractivity contribution is 0.555. The second kappa shape index (κ2) is 4.55. The number of sulfone groups is 1. The summed E-state index contributed by atoms with van der Waals surface area (Å²) in [5.41, 5.74) is 0. The molecule has 0 saturated heterocycles. The molecular formula is C12H17NO2S. The van der Waals surface area contributed by atoms with E-state index in [1.807, 2.05) is 13.0 Å². The Hall–Kier alpha value is -0.870. The normalized spacial score (nSPS) is 18.3. The van der Waals surface area contributed by atoms with Gasteiger partial charge in [0.15, 0.2) is 9.84 Å². The van der Waals surface area contributed by atoms with Crippen LogP contribution in [0.3, 0.4) is 0 Å². The molecule has 1 aromatic rings. The van der Waals surface area contributed by atoms with Crippen molar-refractivity contribution < 1.29 is 8.42 Å². The topological polar surface area (TPSA) is 46.2 Å². The van der Waals surface area contributed by atoms with Crippen molar-refractivity contribution in [2.45, 2.75) is 36.7 Å². The van der Waals surface area contributed by atoms with E-state index in [1.165, 1.54) is 12.8 Å². The molecule has 0 aromatic heterocycles. The van der Waals surface area contributed by atoms with Crippen molar-refractivity contribution in [3.05, 3.63) is 30.3 Å². The summed E-state index contributed by atoms with van der Waals surface area (Å²) < 4.78 is 24.0. The number of benzene rings is 1. The predicted molar refractivity (Wildman–Crippen MR) is 64.1 cm³/mol. The van der Waals surface area contributed by atoms with Gasteiger partial charge in [-0.2, -0.15) is 0 Å². The highest BCUT2D eigenvalue weighted by atomic mass is 32.2. The van der Waals surface area contributed by atoms with Crippen molar-refractivity contribution in [2.24, 2.45) is 0 Å².